The van der Waals surface area contributed by atoms with Crippen LogP contribution in [0.5, 0.6) is 0 Å². The Bertz CT molecular complexity index is 559. The number of thiazole rings is 1. The summed E-state index contributed by atoms with van der Waals surface area (Å²) in [5.74, 6) is 0. The van der Waals surface area contributed by atoms with E-state index in [1.54, 1.807) is 6.20 Å². The highest BCUT2D eigenvalue weighted by Gasteiger charge is 2.03. The highest BCUT2D eigenvalue weighted by Crippen LogP contribution is 1.95. The molecule has 0 aromatic carbocycles. The van der Waals surface area contributed by atoms with Crippen LogP contribution in [0.1, 0.15) is 26.2 Å². The average Bonchev–Trinajstić information content (AvgIpc) is 2.83. The zero-order chi connectivity index (χ0) is 11.4. The zero-order valence-electron chi connectivity index (χ0n) is 9.14. The van der Waals surface area contributed by atoms with Crippen LogP contribution in [0.3, 0.4) is 0 Å². The summed E-state index contributed by atoms with van der Waals surface area (Å²) in [4.78, 5) is 16.3. The lowest BCUT2D eigenvalue weighted by atomic mass is 10.2. The number of rotatable bonds is 5. The molecule has 86 valence electrons. The number of fused-ring (bicyclic) bond motifs is 1. The molecule has 2 rings (SSSR count). The normalized spacial score (nSPS) is 12.4. The van der Waals surface area contributed by atoms with Gasteiger partial charge in [-0.1, -0.05) is 31.1 Å². The van der Waals surface area contributed by atoms with Crippen molar-refractivity contribution in [3.8, 4) is 0 Å². The number of nitrogens with zero attached hydrogens (tertiary/aromatic N) is 3. The Balaban J connectivity index is 2.08. The standard InChI is InChI=1S/C10H14N4OS/c1-2-3-4-5-11-6-8-9(15)14-10(16-8)12-7-13-14/h6-7,11H,2-5H2,1H3/b8-6-. The Labute approximate surface area is 96.8 Å². The van der Waals surface area contributed by atoms with Gasteiger partial charge in [-0.3, -0.25) is 4.79 Å². The first-order valence-electron chi connectivity index (χ1n) is 5.39. The summed E-state index contributed by atoms with van der Waals surface area (Å²) in [5.41, 5.74) is -0.0968. The van der Waals surface area contributed by atoms with E-state index in [9.17, 15) is 4.79 Å². The summed E-state index contributed by atoms with van der Waals surface area (Å²) < 4.78 is 1.98. The van der Waals surface area contributed by atoms with Gasteiger partial charge in [0.25, 0.3) is 5.56 Å². The van der Waals surface area contributed by atoms with Gasteiger partial charge in [-0.2, -0.15) is 9.61 Å². The molecule has 6 heteroatoms. The van der Waals surface area contributed by atoms with Crippen molar-refractivity contribution in [1.29, 1.82) is 0 Å². The minimum absolute atomic E-state index is 0.0968. The lowest BCUT2D eigenvalue weighted by Gasteiger charge is -1.96. The Hall–Kier alpha value is -1.43. The molecule has 2 heterocycles. The van der Waals surface area contributed by atoms with Gasteiger partial charge in [0.2, 0.25) is 4.96 Å². The molecule has 0 bridgehead atoms. The van der Waals surface area contributed by atoms with Gasteiger partial charge in [-0.25, -0.2) is 4.98 Å². The second kappa shape index (κ2) is 5.07. The van der Waals surface area contributed by atoms with Crippen molar-refractivity contribution in [1.82, 2.24) is 19.9 Å². The zero-order valence-corrected chi connectivity index (χ0v) is 9.96. The van der Waals surface area contributed by atoms with Gasteiger partial charge in [-0.15, -0.1) is 0 Å². The number of hydrogen-bond acceptors (Lipinski definition) is 5. The highest BCUT2D eigenvalue weighted by molar-refractivity contribution is 7.14. The molecule has 0 saturated carbocycles. The molecule has 2 aromatic heterocycles. The second-order valence-electron chi connectivity index (χ2n) is 3.53. The Morgan fingerprint density at radius 3 is 3.19 bits per heavy atom. The maximum Gasteiger partial charge on any atom is 0.292 e. The molecule has 0 spiro atoms. The maximum atomic E-state index is 11.7. The van der Waals surface area contributed by atoms with E-state index < -0.39 is 0 Å². The van der Waals surface area contributed by atoms with Gasteiger partial charge in [0, 0.05) is 12.7 Å². The molecule has 0 saturated heterocycles. The Kier molecular flexibility index (Phi) is 3.51. The van der Waals surface area contributed by atoms with E-state index in [4.69, 9.17) is 0 Å². The molecule has 0 fully saturated rings. The highest BCUT2D eigenvalue weighted by atomic mass is 32.1. The summed E-state index contributed by atoms with van der Waals surface area (Å²) >= 11 is 1.35. The molecule has 0 aliphatic rings. The molecule has 1 N–H and O–H groups in total. The predicted octanol–water partition coefficient (Wildman–Crippen LogP) is 0.388. The van der Waals surface area contributed by atoms with Crippen molar-refractivity contribution in [3.63, 3.8) is 0 Å². The summed E-state index contributed by atoms with van der Waals surface area (Å²) in [6.07, 6.45) is 6.69. The smallest absolute Gasteiger partial charge is 0.292 e. The lowest BCUT2D eigenvalue weighted by molar-refractivity contribution is 0.694. The minimum atomic E-state index is -0.0968. The SMILES string of the molecule is CCCCCN/C=c1\sc2ncnn2c1=O. The van der Waals surface area contributed by atoms with E-state index in [1.807, 2.05) is 0 Å². The van der Waals surface area contributed by atoms with Crippen LogP contribution in [0, 0.1) is 0 Å². The molecule has 16 heavy (non-hydrogen) atoms. The van der Waals surface area contributed by atoms with Crippen LogP contribution in [0.25, 0.3) is 11.2 Å². The Morgan fingerprint density at radius 1 is 1.56 bits per heavy atom. The van der Waals surface area contributed by atoms with E-state index in [2.05, 4.69) is 22.3 Å². The summed E-state index contributed by atoms with van der Waals surface area (Å²) in [6, 6.07) is 0. The Morgan fingerprint density at radius 2 is 2.44 bits per heavy atom. The van der Waals surface area contributed by atoms with E-state index in [0.717, 1.165) is 13.0 Å². The first kappa shape index (κ1) is 11.1. The van der Waals surface area contributed by atoms with E-state index in [1.165, 1.54) is 35.0 Å². The van der Waals surface area contributed by atoms with Gasteiger partial charge in [0.05, 0.1) is 0 Å². The van der Waals surface area contributed by atoms with Crippen molar-refractivity contribution in [2.75, 3.05) is 6.54 Å². The van der Waals surface area contributed by atoms with Crippen LogP contribution in [-0.4, -0.2) is 21.1 Å². The van der Waals surface area contributed by atoms with Gasteiger partial charge in [-0.05, 0) is 6.42 Å². The number of aromatic nitrogens is 3. The third-order valence-corrected chi connectivity index (χ3v) is 3.25. The maximum absolute atomic E-state index is 11.7. The van der Waals surface area contributed by atoms with Gasteiger partial charge >= 0.3 is 0 Å². The van der Waals surface area contributed by atoms with Crippen molar-refractivity contribution in [2.45, 2.75) is 26.2 Å². The molecule has 0 radical (unpaired) electrons. The molecular formula is C10H14N4OS. The quantitative estimate of drug-likeness (QED) is 0.765. The summed E-state index contributed by atoms with van der Waals surface area (Å²) in [7, 11) is 0. The summed E-state index contributed by atoms with van der Waals surface area (Å²) in [5, 5.41) is 7.00. The van der Waals surface area contributed by atoms with Crippen LogP contribution in [0.4, 0.5) is 0 Å². The van der Waals surface area contributed by atoms with Gasteiger partial charge in [0.15, 0.2) is 0 Å². The topological polar surface area (TPSA) is 59.3 Å². The van der Waals surface area contributed by atoms with Crippen molar-refractivity contribution < 1.29 is 0 Å². The summed E-state index contributed by atoms with van der Waals surface area (Å²) in [6.45, 7) is 3.07. The largest absolute Gasteiger partial charge is 0.390 e. The molecule has 5 nitrogen and oxygen atoms in total. The number of unbranched alkanes of at least 4 members (excludes halogenated alkanes) is 2. The fourth-order valence-corrected chi connectivity index (χ4v) is 2.25. The molecule has 0 amide bonds. The third kappa shape index (κ3) is 2.21. The molecule has 0 atom stereocenters. The number of nitrogens with one attached hydrogen (secondary N) is 1. The van der Waals surface area contributed by atoms with Crippen LogP contribution >= 0.6 is 11.3 Å². The van der Waals surface area contributed by atoms with Crippen LogP contribution < -0.4 is 15.4 Å². The molecule has 0 unspecified atom stereocenters. The van der Waals surface area contributed by atoms with Crippen LogP contribution in [0.2, 0.25) is 0 Å². The fourth-order valence-electron chi connectivity index (χ4n) is 1.42. The first-order chi connectivity index (χ1) is 7.83. The first-order valence-corrected chi connectivity index (χ1v) is 6.20. The van der Waals surface area contributed by atoms with Gasteiger partial charge < -0.3 is 5.32 Å². The van der Waals surface area contributed by atoms with E-state index in [-0.39, 0.29) is 5.56 Å². The average molecular weight is 238 g/mol. The molecule has 0 aliphatic carbocycles. The van der Waals surface area contributed by atoms with Crippen LogP contribution in [0.15, 0.2) is 11.1 Å². The van der Waals surface area contributed by atoms with Crippen molar-refractivity contribution in [3.05, 3.63) is 21.2 Å². The number of hydrogen-bond donors (Lipinski definition) is 1. The molecule has 2 aromatic rings. The minimum Gasteiger partial charge on any atom is -0.390 e. The van der Waals surface area contributed by atoms with E-state index >= 15 is 0 Å². The third-order valence-electron chi connectivity index (χ3n) is 2.28. The second-order valence-corrected chi connectivity index (χ2v) is 4.54. The monoisotopic (exact) mass is 238 g/mol. The lowest BCUT2D eigenvalue weighted by Crippen LogP contribution is -2.26. The van der Waals surface area contributed by atoms with Crippen molar-refractivity contribution >= 4 is 22.5 Å². The van der Waals surface area contributed by atoms with E-state index in [0.29, 0.717) is 9.49 Å². The predicted molar refractivity (Wildman–Crippen MR) is 64.3 cm³/mol. The van der Waals surface area contributed by atoms with Gasteiger partial charge in [0.1, 0.15) is 10.9 Å². The fraction of sp³-hybridized carbons (Fsp3) is 0.500. The van der Waals surface area contributed by atoms with Crippen molar-refractivity contribution in [2.24, 2.45) is 0 Å². The molecule has 0 aliphatic heterocycles. The molecular weight excluding hydrogens is 224 g/mol. The van der Waals surface area contributed by atoms with Crippen LogP contribution in [-0.2, 0) is 0 Å².